The molecular formula is C17H22Br2N2. The van der Waals surface area contributed by atoms with Gasteiger partial charge >= 0.3 is 0 Å². The van der Waals surface area contributed by atoms with Gasteiger partial charge in [0.25, 0.3) is 0 Å². The van der Waals surface area contributed by atoms with Gasteiger partial charge < -0.3 is 4.98 Å². The predicted octanol–water partition coefficient (Wildman–Crippen LogP) is 5.70. The largest absolute Gasteiger partial charge is 0.358 e. The SMILES string of the molecule is CCC1=C(C)C(=Cc2[nH]c(CBr)c(CC)c2C)N=C1CBr. The van der Waals surface area contributed by atoms with Crippen molar-refractivity contribution in [2.75, 3.05) is 5.33 Å². The Morgan fingerprint density at radius 1 is 1.10 bits per heavy atom. The summed E-state index contributed by atoms with van der Waals surface area (Å²) in [5.74, 6) is 0. The van der Waals surface area contributed by atoms with E-state index in [1.165, 1.54) is 39.4 Å². The van der Waals surface area contributed by atoms with E-state index in [0.717, 1.165) is 29.2 Å². The van der Waals surface area contributed by atoms with Gasteiger partial charge in [0.05, 0.1) is 11.4 Å². The number of H-pyrrole nitrogens is 1. The lowest BCUT2D eigenvalue weighted by molar-refractivity contribution is 1.08. The number of rotatable bonds is 5. The van der Waals surface area contributed by atoms with Gasteiger partial charge in [0.15, 0.2) is 0 Å². The van der Waals surface area contributed by atoms with Gasteiger partial charge in [-0.25, -0.2) is 0 Å². The number of halogens is 2. The first-order valence-electron chi connectivity index (χ1n) is 7.39. The quantitative estimate of drug-likeness (QED) is 0.600. The standard InChI is InChI=1S/C17H22Br2N2/c1-5-12-10(3)14(20-16(12)8-18)7-15-11(4)13(6-2)17(9-19)21-15/h7,20H,5-6,8-9H2,1-4H3. The molecule has 0 bridgehead atoms. The summed E-state index contributed by atoms with van der Waals surface area (Å²) in [5, 5.41) is 1.69. The molecule has 2 heterocycles. The van der Waals surface area contributed by atoms with Crippen LogP contribution in [0.25, 0.3) is 6.08 Å². The van der Waals surface area contributed by atoms with Crippen molar-refractivity contribution in [1.29, 1.82) is 0 Å². The second-order valence-corrected chi connectivity index (χ2v) is 6.41. The van der Waals surface area contributed by atoms with Crippen molar-refractivity contribution in [2.45, 2.75) is 45.9 Å². The van der Waals surface area contributed by atoms with Crippen LogP contribution >= 0.6 is 31.9 Å². The lowest BCUT2D eigenvalue weighted by atomic mass is 10.0. The maximum atomic E-state index is 4.79. The Balaban J connectivity index is 2.49. The Labute approximate surface area is 144 Å². The minimum Gasteiger partial charge on any atom is -0.358 e. The van der Waals surface area contributed by atoms with E-state index in [4.69, 9.17) is 4.99 Å². The maximum Gasteiger partial charge on any atom is 0.0686 e. The molecule has 0 aromatic carbocycles. The van der Waals surface area contributed by atoms with Crippen molar-refractivity contribution in [2.24, 2.45) is 4.99 Å². The number of aromatic amines is 1. The summed E-state index contributed by atoms with van der Waals surface area (Å²) in [6, 6.07) is 0. The molecule has 0 unspecified atom stereocenters. The Kier molecular flexibility index (Phi) is 5.67. The highest BCUT2D eigenvalue weighted by molar-refractivity contribution is 9.09. The molecule has 1 N–H and O–H groups in total. The minimum atomic E-state index is 0.821. The summed E-state index contributed by atoms with van der Waals surface area (Å²) in [6.07, 6.45) is 4.28. The fourth-order valence-corrected chi connectivity index (χ4v) is 3.92. The van der Waals surface area contributed by atoms with Crippen LogP contribution < -0.4 is 0 Å². The molecule has 114 valence electrons. The third-order valence-corrected chi connectivity index (χ3v) is 5.29. The van der Waals surface area contributed by atoms with E-state index in [-0.39, 0.29) is 0 Å². The molecule has 2 nitrogen and oxygen atoms in total. The van der Waals surface area contributed by atoms with Gasteiger partial charge in [-0.1, -0.05) is 45.7 Å². The van der Waals surface area contributed by atoms with Gasteiger partial charge in [-0.3, -0.25) is 4.99 Å². The smallest absolute Gasteiger partial charge is 0.0686 e. The number of aliphatic imine (C=N–C) groups is 1. The zero-order valence-electron chi connectivity index (χ0n) is 13.1. The number of nitrogens with one attached hydrogen (secondary N) is 1. The normalized spacial score (nSPS) is 17.0. The van der Waals surface area contributed by atoms with E-state index in [0.29, 0.717) is 0 Å². The van der Waals surface area contributed by atoms with Crippen LogP contribution in [0.4, 0.5) is 0 Å². The van der Waals surface area contributed by atoms with Crippen LogP contribution in [0.3, 0.4) is 0 Å². The van der Waals surface area contributed by atoms with Crippen molar-refractivity contribution in [1.82, 2.24) is 4.98 Å². The van der Waals surface area contributed by atoms with Gasteiger partial charge in [-0.05, 0) is 55.0 Å². The summed E-state index contributed by atoms with van der Waals surface area (Å²) in [6.45, 7) is 8.76. The van der Waals surface area contributed by atoms with Crippen molar-refractivity contribution in [3.05, 3.63) is 39.4 Å². The summed E-state index contributed by atoms with van der Waals surface area (Å²) >= 11 is 7.11. The average Bonchev–Trinajstić information content (AvgIpc) is 2.96. The summed E-state index contributed by atoms with van der Waals surface area (Å²) in [7, 11) is 0. The molecule has 4 heteroatoms. The first-order valence-corrected chi connectivity index (χ1v) is 9.63. The van der Waals surface area contributed by atoms with E-state index in [2.05, 4.69) is 70.6 Å². The topological polar surface area (TPSA) is 28.1 Å². The van der Waals surface area contributed by atoms with Gasteiger partial charge in [0.2, 0.25) is 0 Å². The number of nitrogens with zero attached hydrogens (tertiary/aromatic N) is 1. The maximum absolute atomic E-state index is 4.79. The van der Waals surface area contributed by atoms with E-state index < -0.39 is 0 Å². The van der Waals surface area contributed by atoms with Crippen LogP contribution in [0.2, 0.25) is 0 Å². The molecule has 1 aliphatic heterocycles. The number of allylic oxidation sites excluding steroid dienone is 2. The fraction of sp³-hybridized carbons (Fsp3) is 0.471. The third kappa shape index (κ3) is 3.11. The highest BCUT2D eigenvalue weighted by Crippen LogP contribution is 2.31. The summed E-state index contributed by atoms with van der Waals surface area (Å²) in [5.41, 5.74) is 10.2. The van der Waals surface area contributed by atoms with Crippen molar-refractivity contribution < 1.29 is 0 Å². The van der Waals surface area contributed by atoms with Crippen molar-refractivity contribution in [3.63, 3.8) is 0 Å². The first-order chi connectivity index (χ1) is 10.1. The Hall–Kier alpha value is -0.610. The van der Waals surface area contributed by atoms with Crippen LogP contribution in [0.15, 0.2) is 21.8 Å². The van der Waals surface area contributed by atoms with Crippen molar-refractivity contribution >= 4 is 43.6 Å². The summed E-state index contributed by atoms with van der Waals surface area (Å²) in [4.78, 5) is 8.33. The van der Waals surface area contributed by atoms with Crippen LogP contribution in [0, 0.1) is 6.92 Å². The molecule has 2 rings (SSSR count). The summed E-state index contributed by atoms with van der Waals surface area (Å²) < 4.78 is 0. The molecule has 0 amide bonds. The second-order valence-electron chi connectivity index (χ2n) is 5.29. The molecule has 21 heavy (non-hydrogen) atoms. The number of hydrogen-bond donors (Lipinski definition) is 1. The Morgan fingerprint density at radius 3 is 2.24 bits per heavy atom. The highest BCUT2D eigenvalue weighted by Gasteiger charge is 2.19. The molecule has 0 radical (unpaired) electrons. The number of alkyl halides is 2. The Morgan fingerprint density at radius 2 is 1.81 bits per heavy atom. The molecule has 0 spiro atoms. The molecule has 1 aromatic rings. The zero-order chi connectivity index (χ0) is 15.6. The second kappa shape index (κ2) is 7.10. The molecule has 0 fully saturated rings. The molecule has 0 atom stereocenters. The average molecular weight is 414 g/mol. The van der Waals surface area contributed by atoms with Crippen LogP contribution in [-0.2, 0) is 11.8 Å². The minimum absolute atomic E-state index is 0.821. The van der Waals surface area contributed by atoms with Gasteiger partial charge in [-0.2, -0.15) is 0 Å². The zero-order valence-corrected chi connectivity index (χ0v) is 16.3. The molecule has 0 aliphatic carbocycles. The lowest BCUT2D eigenvalue weighted by Gasteiger charge is -2.01. The Bertz CT molecular complexity index is 633. The number of hydrogen-bond acceptors (Lipinski definition) is 1. The third-order valence-electron chi connectivity index (χ3n) is 4.20. The van der Waals surface area contributed by atoms with Crippen LogP contribution in [0.1, 0.15) is 49.7 Å². The lowest BCUT2D eigenvalue weighted by Crippen LogP contribution is -2.00. The van der Waals surface area contributed by atoms with E-state index in [1.54, 1.807) is 0 Å². The van der Waals surface area contributed by atoms with Crippen LogP contribution in [0.5, 0.6) is 0 Å². The van der Waals surface area contributed by atoms with E-state index in [9.17, 15) is 0 Å². The van der Waals surface area contributed by atoms with Gasteiger partial charge in [0.1, 0.15) is 0 Å². The number of aromatic nitrogens is 1. The van der Waals surface area contributed by atoms with E-state index >= 15 is 0 Å². The molecule has 0 saturated heterocycles. The monoisotopic (exact) mass is 412 g/mol. The predicted molar refractivity (Wildman–Crippen MR) is 99.7 cm³/mol. The molecule has 0 saturated carbocycles. The van der Waals surface area contributed by atoms with Crippen LogP contribution in [-0.4, -0.2) is 16.0 Å². The molecule has 1 aliphatic rings. The van der Waals surface area contributed by atoms with Gasteiger partial charge in [0, 0.05) is 22.0 Å². The molecular weight excluding hydrogens is 392 g/mol. The van der Waals surface area contributed by atoms with E-state index in [1.807, 2.05) is 0 Å². The first kappa shape index (κ1) is 16.8. The van der Waals surface area contributed by atoms with Gasteiger partial charge in [-0.15, -0.1) is 0 Å². The highest BCUT2D eigenvalue weighted by atomic mass is 79.9. The molecule has 1 aromatic heterocycles. The fourth-order valence-electron chi connectivity index (χ4n) is 2.98. The van der Waals surface area contributed by atoms with Crippen molar-refractivity contribution in [3.8, 4) is 0 Å².